The summed E-state index contributed by atoms with van der Waals surface area (Å²) in [6.07, 6.45) is 17.4. The molecule has 3 heteroatoms. The fraction of sp³-hybridized carbons (Fsp3) is 0.739. The van der Waals surface area contributed by atoms with Gasteiger partial charge in [-0.3, -0.25) is 0 Å². The lowest BCUT2D eigenvalue weighted by Gasteiger charge is -2.07. The second-order valence-electron chi connectivity index (χ2n) is 7.14. The Hall–Kier alpha value is -0.290. The Morgan fingerprint density at radius 3 is 1.46 bits per heavy atom. The van der Waals surface area contributed by atoms with Crippen molar-refractivity contribution in [2.45, 2.75) is 104 Å². The van der Waals surface area contributed by atoms with Crippen molar-refractivity contribution in [1.29, 1.82) is 0 Å². The van der Waals surface area contributed by atoms with E-state index >= 15 is 0 Å². The van der Waals surface area contributed by atoms with Crippen LogP contribution in [-0.4, -0.2) is 12.6 Å². The maximum atomic E-state index is 5.52. The predicted molar refractivity (Wildman–Crippen MR) is 128 cm³/mol. The first-order chi connectivity index (χ1) is 12.2. The van der Waals surface area contributed by atoms with E-state index in [0.29, 0.717) is 6.61 Å². The average molecular weight is 478 g/mol. The predicted octanol–water partition coefficient (Wildman–Crippen LogP) is 7.74. The first-order valence-electron chi connectivity index (χ1n) is 10.6. The zero-order valence-corrected chi connectivity index (χ0v) is 19.9. The first-order valence-corrected chi connectivity index (χ1v) is 10.6. The molecule has 0 aliphatic heterocycles. The minimum Gasteiger partial charge on any atom is -0.492 e. The van der Waals surface area contributed by atoms with E-state index in [9.17, 15) is 0 Å². The zero-order valence-electron chi connectivity index (χ0n) is 17.6. The average Bonchev–Trinajstić information content (AvgIpc) is 2.63. The van der Waals surface area contributed by atoms with Gasteiger partial charge in [0.05, 0.1) is 0 Å². The number of halogens is 1. The molecule has 1 rings (SSSR count). The topological polar surface area (TPSA) is 35.2 Å². The number of ether oxygens (including phenoxy) is 1. The molecule has 0 aromatic heterocycles. The van der Waals surface area contributed by atoms with Gasteiger partial charge in [-0.05, 0) is 19.1 Å². The summed E-state index contributed by atoms with van der Waals surface area (Å²) in [4.78, 5) is 0. The minimum absolute atomic E-state index is 0. The van der Waals surface area contributed by atoms with Gasteiger partial charge in [-0.25, -0.2) is 0 Å². The van der Waals surface area contributed by atoms with Crippen LogP contribution in [0.15, 0.2) is 30.3 Å². The van der Waals surface area contributed by atoms with Gasteiger partial charge in [0.2, 0.25) is 0 Å². The summed E-state index contributed by atoms with van der Waals surface area (Å²) in [7, 11) is 0. The Labute approximate surface area is 180 Å². The largest absolute Gasteiger partial charge is 0.492 e. The van der Waals surface area contributed by atoms with Crippen LogP contribution in [0.4, 0.5) is 0 Å². The minimum atomic E-state index is 0. The van der Waals surface area contributed by atoms with Gasteiger partial charge >= 0.3 is 0 Å². The van der Waals surface area contributed by atoms with Gasteiger partial charge in [-0.2, -0.15) is 0 Å². The smallest absolute Gasteiger partial charge is 0.119 e. The third kappa shape index (κ3) is 21.8. The van der Waals surface area contributed by atoms with Crippen molar-refractivity contribution in [2.75, 3.05) is 6.61 Å². The molecule has 0 heterocycles. The molecule has 0 saturated heterocycles. The Kier molecular flexibility index (Phi) is 24.4. The van der Waals surface area contributed by atoms with E-state index in [0.717, 1.165) is 5.75 Å². The second-order valence-corrected chi connectivity index (χ2v) is 7.14. The highest BCUT2D eigenvalue weighted by Crippen LogP contribution is 2.11. The summed E-state index contributed by atoms with van der Waals surface area (Å²) in [5.41, 5.74) is 5.52. The van der Waals surface area contributed by atoms with Crippen LogP contribution >= 0.6 is 24.0 Å². The summed E-state index contributed by atoms with van der Waals surface area (Å²) in [6, 6.07) is 9.77. The Balaban J connectivity index is 0. The number of nitrogens with two attached hydrogens (primary N) is 1. The molecule has 0 aliphatic rings. The summed E-state index contributed by atoms with van der Waals surface area (Å²) in [6.45, 7) is 7.06. The third-order valence-corrected chi connectivity index (χ3v) is 4.21. The number of unbranched alkanes of at least 4 members (excludes halogenated alkanes) is 11. The molecule has 1 aromatic carbocycles. The molecule has 0 spiro atoms. The quantitative estimate of drug-likeness (QED) is 0.220. The summed E-state index contributed by atoms with van der Waals surface area (Å²) >= 11 is 0. The molecule has 1 unspecified atom stereocenters. The monoisotopic (exact) mass is 477 g/mol. The van der Waals surface area contributed by atoms with Crippen LogP contribution < -0.4 is 10.5 Å². The third-order valence-electron chi connectivity index (χ3n) is 4.21. The Bertz CT molecular complexity index is 344. The van der Waals surface area contributed by atoms with Crippen LogP contribution in [0.3, 0.4) is 0 Å². The molecule has 0 fully saturated rings. The van der Waals surface area contributed by atoms with Gasteiger partial charge in [0.1, 0.15) is 12.4 Å². The molecule has 0 aliphatic carbocycles. The van der Waals surface area contributed by atoms with E-state index in [2.05, 4.69) is 13.8 Å². The molecule has 2 nitrogen and oxygen atoms in total. The van der Waals surface area contributed by atoms with Gasteiger partial charge in [0.25, 0.3) is 0 Å². The molecular weight excluding hydrogens is 433 g/mol. The lowest BCUT2D eigenvalue weighted by Crippen LogP contribution is -2.23. The van der Waals surface area contributed by atoms with Crippen molar-refractivity contribution in [2.24, 2.45) is 5.73 Å². The standard InChI is InChI=1S/C14H30.C9H13NO.HI/c1-3-5-7-9-11-13-14-12-10-8-6-4-2;1-8(10)7-11-9-5-3-2-4-6-9;/h3-14H2,1-2H3;2-6,8H,7,10H2,1H3;1H. The van der Waals surface area contributed by atoms with Gasteiger partial charge < -0.3 is 10.5 Å². The van der Waals surface area contributed by atoms with E-state index in [1.54, 1.807) is 0 Å². The molecule has 0 radical (unpaired) electrons. The molecular formula is C23H44INO. The van der Waals surface area contributed by atoms with Crippen LogP contribution in [0, 0.1) is 0 Å². The normalized spacial score (nSPS) is 11.1. The van der Waals surface area contributed by atoms with Gasteiger partial charge in [0, 0.05) is 6.04 Å². The number of rotatable bonds is 14. The Morgan fingerprint density at radius 2 is 1.12 bits per heavy atom. The van der Waals surface area contributed by atoms with Crippen molar-refractivity contribution in [3.63, 3.8) is 0 Å². The number of hydrogen-bond donors (Lipinski definition) is 1. The first kappa shape index (κ1) is 27.9. The Morgan fingerprint density at radius 1 is 0.731 bits per heavy atom. The highest BCUT2D eigenvalue weighted by molar-refractivity contribution is 14.0. The molecule has 2 N–H and O–H groups in total. The maximum Gasteiger partial charge on any atom is 0.119 e. The van der Waals surface area contributed by atoms with E-state index in [-0.39, 0.29) is 30.0 Å². The van der Waals surface area contributed by atoms with Crippen molar-refractivity contribution < 1.29 is 4.74 Å². The van der Waals surface area contributed by atoms with Crippen molar-refractivity contribution in [1.82, 2.24) is 0 Å². The second kappa shape index (κ2) is 22.8. The number of benzene rings is 1. The maximum absolute atomic E-state index is 5.52. The van der Waals surface area contributed by atoms with Crippen LogP contribution in [0.25, 0.3) is 0 Å². The van der Waals surface area contributed by atoms with Crippen molar-refractivity contribution >= 4 is 24.0 Å². The summed E-state index contributed by atoms with van der Waals surface area (Å²) < 4.78 is 5.34. The van der Waals surface area contributed by atoms with Gasteiger partial charge in [-0.1, -0.05) is 109 Å². The lowest BCUT2D eigenvalue weighted by atomic mass is 10.1. The van der Waals surface area contributed by atoms with E-state index < -0.39 is 0 Å². The highest BCUT2D eigenvalue weighted by atomic mass is 127. The molecule has 154 valence electrons. The summed E-state index contributed by atoms with van der Waals surface area (Å²) in [5, 5.41) is 0. The fourth-order valence-electron chi connectivity index (χ4n) is 2.66. The van der Waals surface area contributed by atoms with E-state index in [4.69, 9.17) is 10.5 Å². The van der Waals surface area contributed by atoms with E-state index in [1.807, 2.05) is 37.3 Å². The SMILES string of the molecule is CC(N)COc1ccccc1.CCCCCCCCCCCCCC.I. The molecule has 1 aromatic rings. The van der Waals surface area contributed by atoms with Crippen molar-refractivity contribution in [3.05, 3.63) is 30.3 Å². The molecule has 0 saturated carbocycles. The van der Waals surface area contributed by atoms with Gasteiger partial charge in [0.15, 0.2) is 0 Å². The number of para-hydroxylation sites is 1. The molecule has 26 heavy (non-hydrogen) atoms. The van der Waals surface area contributed by atoms with E-state index in [1.165, 1.54) is 77.0 Å². The molecule has 0 amide bonds. The molecule has 1 atom stereocenters. The van der Waals surface area contributed by atoms with Crippen LogP contribution in [0.1, 0.15) is 97.8 Å². The molecule has 0 bridgehead atoms. The van der Waals surface area contributed by atoms with Crippen LogP contribution in [-0.2, 0) is 0 Å². The number of hydrogen-bond acceptors (Lipinski definition) is 2. The van der Waals surface area contributed by atoms with Crippen molar-refractivity contribution in [3.8, 4) is 5.75 Å². The van der Waals surface area contributed by atoms with Gasteiger partial charge in [-0.15, -0.1) is 24.0 Å². The fourth-order valence-corrected chi connectivity index (χ4v) is 2.66. The zero-order chi connectivity index (χ0) is 18.6. The van der Waals surface area contributed by atoms with Crippen LogP contribution in [0.2, 0.25) is 0 Å². The summed E-state index contributed by atoms with van der Waals surface area (Å²) in [5.74, 6) is 0.879. The van der Waals surface area contributed by atoms with Crippen LogP contribution in [0.5, 0.6) is 5.75 Å². The highest BCUT2D eigenvalue weighted by Gasteiger charge is 1.94. The lowest BCUT2D eigenvalue weighted by molar-refractivity contribution is 0.296.